The standard InChI is InChI=1S/C58H107NO18/c1-3-5-7-9-11-12-13-14-15-16-17-18-19-20-21-22-23-24-25-26-27-28-30-32-34-36-46(64)59-41(42(63)35-33-31-29-10-8-6-4-2)40-72-56-52(70)49(67)54(44(38-61)74-56)77-58-53(71)50(68)55(45(39-62)75-58)76-57-51(69)48(66)47(65)43(37-60)73-57/h13-14,16-17,41-45,47-58,60-63,65-71H,3-12,15,18-40H2,1-2H3,(H,59,64)/b14-13-,17-16-. The first kappa shape index (κ1) is 69.5. The van der Waals surface area contributed by atoms with E-state index in [0.29, 0.717) is 12.8 Å². The van der Waals surface area contributed by atoms with Crippen molar-refractivity contribution in [2.45, 2.75) is 311 Å². The van der Waals surface area contributed by atoms with Crippen LogP contribution in [0, 0.1) is 0 Å². The molecule has 0 aliphatic carbocycles. The summed E-state index contributed by atoms with van der Waals surface area (Å²) >= 11 is 0. The van der Waals surface area contributed by atoms with Crippen LogP contribution in [0.25, 0.3) is 0 Å². The van der Waals surface area contributed by atoms with Gasteiger partial charge in [-0.25, -0.2) is 0 Å². The number of hydrogen-bond donors (Lipinski definition) is 12. The average Bonchev–Trinajstić information content (AvgIpc) is 3.43. The molecule has 3 rings (SSSR count). The monoisotopic (exact) mass is 1110 g/mol. The maximum absolute atomic E-state index is 13.3. The predicted octanol–water partition coefficient (Wildman–Crippen LogP) is 5.15. The SMILES string of the molecule is CCCCCCC/C=C\C/C=C\CCCCCCCCCCCCCCCC(=O)NC(COC1OC(CO)C(OC2OC(CO)C(OC3OC(CO)C(O)C(O)C3O)C(O)C2O)C(O)C1O)C(O)CCCCCCCCC. The minimum absolute atomic E-state index is 0.248. The van der Waals surface area contributed by atoms with E-state index in [4.69, 9.17) is 28.4 Å². The summed E-state index contributed by atoms with van der Waals surface area (Å²) in [7, 11) is 0. The first-order valence-corrected chi connectivity index (χ1v) is 30.1. The number of aliphatic hydroxyl groups is 11. The van der Waals surface area contributed by atoms with Crippen molar-refractivity contribution in [3.63, 3.8) is 0 Å². The Balaban J connectivity index is 1.39. The second kappa shape index (κ2) is 42.1. The Labute approximate surface area is 460 Å². The van der Waals surface area contributed by atoms with Crippen LogP contribution < -0.4 is 5.32 Å². The van der Waals surface area contributed by atoms with Gasteiger partial charge in [-0.3, -0.25) is 4.79 Å². The van der Waals surface area contributed by atoms with Crippen molar-refractivity contribution >= 4 is 5.91 Å². The molecule has 3 fully saturated rings. The zero-order chi connectivity index (χ0) is 56.2. The van der Waals surface area contributed by atoms with Crippen molar-refractivity contribution < 1.29 is 89.4 Å². The maximum Gasteiger partial charge on any atom is 0.220 e. The molecule has 0 aromatic carbocycles. The molecule has 3 saturated heterocycles. The van der Waals surface area contributed by atoms with E-state index in [2.05, 4.69) is 43.5 Å². The molecule has 12 N–H and O–H groups in total. The minimum atomic E-state index is -1.97. The number of unbranched alkanes of at least 4 members (excludes halogenated alkanes) is 24. The van der Waals surface area contributed by atoms with Crippen molar-refractivity contribution in [1.29, 1.82) is 0 Å². The van der Waals surface area contributed by atoms with Crippen LogP contribution in [0.2, 0.25) is 0 Å². The highest BCUT2D eigenvalue weighted by Gasteiger charge is 2.53. The topological polar surface area (TPSA) is 307 Å². The van der Waals surface area contributed by atoms with Gasteiger partial charge in [-0.15, -0.1) is 0 Å². The highest BCUT2D eigenvalue weighted by molar-refractivity contribution is 5.76. The first-order chi connectivity index (χ1) is 37.3. The van der Waals surface area contributed by atoms with Gasteiger partial charge in [0.05, 0.1) is 38.6 Å². The Morgan fingerprint density at radius 3 is 1.32 bits per heavy atom. The molecule has 0 aromatic rings. The lowest BCUT2D eigenvalue weighted by Crippen LogP contribution is -2.66. The quantitative estimate of drug-likeness (QED) is 0.0277. The van der Waals surface area contributed by atoms with Gasteiger partial charge in [-0.1, -0.05) is 179 Å². The smallest absolute Gasteiger partial charge is 0.220 e. The number of allylic oxidation sites excluding steroid dienone is 4. The minimum Gasteiger partial charge on any atom is -0.394 e. The van der Waals surface area contributed by atoms with Gasteiger partial charge in [0.25, 0.3) is 0 Å². The number of aliphatic hydroxyl groups excluding tert-OH is 11. The van der Waals surface area contributed by atoms with Crippen LogP contribution in [0.5, 0.6) is 0 Å². The summed E-state index contributed by atoms with van der Waals surface area (Å²) in [6, 6.07) is -0.882. The first-order valence-electron chi connectivity index (χ1n) is 30.1. The van der Waals surface area contributed by atoms with Crippen LogP contribution in [0.1, 0.15) is 206 Å². The lowest BCUT2D eigenvalue weighted by atomic mass is 9.96. The fraction of sp³-hybridized carbons (Fsp3) is 0.914. The Morgan fingerprint density at radius 2 is 0.857 bits per heavy atom. The van der Waals surface area contributed by atoms with Crippen LogP contribution >= 0.6 is 0 Å². The lowest BCUT2D eigenvalue weighted by molar-refractivity contribution is -0.379. The van der Waals surface area contributed by atoms with Gasteiger partial charge < -0.3 is 89.9 Å². The van der Waals surface area contributed by atoms with Gasteiger partial charge in [0.2, 0.25) is 5.91 Å². The summed E-state index contributed by atoms with van der Waals surface area (Å²) in [5.41, 5.74) is 0. The molecular formula is C58H107NO18. The lowest BCUT2D eigenvalue weighted by Gasteiger charge is -2.48. The van der Waals surface area contributed by atoms with Crippen molar-refractivity contribution in [2.24, 2.45) is 0 Å². The zero-order valence-electron chi connectivity index (χ0n) is 46.9. The molecule has 0 spiro atoms. The van der Waals surface area contributed by atoms with Crippen LogP contribution in [-0.2, 0) is 33.2 Å². The normalized spacial score (nSPS) is 30.8. The van der Waals surface area contributed by atoms with E-state index in [-0.39, 0.29) is 18.9 Å². The van der Waals surface area contributed by atoms with Gasteiger partial charge in [0.1, 0.15) is 73.2 Å². The van der Waals surface area contributed by atoms with E-state index in [0.717, 1.165) is 64.2 Å². The number of ether oxygens (including phenoxy) is 6. The number of carbonyl (C=O) groups excluding carboxylic acids is 1. The van der Waals surface area contributed by atoms with E-state index < -0.39 is 124 Å². The Kier molecular flexibility index (Phi) is 38.1. The van der Waals surface area contributed by atoms with E-state index >= 15 is 0 Å². The zero-order valence-corrected chi connectivity index (χ0v) is 46.9. The molecule has 0 aromatic heterocycles. The molecule has 17 atom stereocenters. The fourth-order valence-corrected chi connectivity index (χ4v) is 10.3. The third-order valence-electron chi connectivity index (χ3n) is 15.3. The van der Waals surface area contributed by atoms with Crippen LogP contribution in [-0.4, -0.2) is 193 Å². The van der Waals surface area contributed by atoms with Crippen molar-refractivity contribution in [3.05, 3.63) is 24.3 Å². The number of amides is 1. The van der Waals surface area contributed by atoms with Gasteiger partial charge in [-0.2, -0.15) is 0 Å². The highest BCUT2D eigenvalue weighted by atomic mass is 16.8. The van der Waals surface area contributed by atoms with Crippen molar-refractivity contribution in [1.82, 2.24) is 5.32 Å². The average molecular weight is 1110 g/mol. The van der Waals surface area contributed by atoms with Gasteiger partial charge in [-0.05, 0) is 44.9 Å². The molecule has 19 nitrogen and oxygen atoms in total. The Bertz CT molecular complexity index is 1510. The molecule has 0 bridgehead atoms. The summed E-state index contributed by atoms with van der Waals surface area (Å²) in [5, 5.41) is 120. The molecule has 17 unspecified atom stereocenters. The van der Waals surface area contributed by atoms with E-state index in [1.54, 1.807) is 0 Å². The molecule has 19 heteroatoms. The molecular weight excluding hydrogens is 999 g/mol. The van der Waals surface area contributed by atoms with E-state index in [1.165, 1.54) is 109 Å². The highest BCUT2D eigenvalue weighted by Crippen LogP contribution is 2.33. The molecule has 3 heterocycles. The molecule has 0 saturated carbocycles. The molecule has 3 aliphatic heterocycles. The summed E-state index contributed by atoms with van der Waals surface area (Å²) in [6.45, 7) is 1.71. The van der Waals surface area contributed by atoms with E-state index in [9.17, 15) is 61.0 Å². The second-order valence-electron chi connectivity index (χ2n) is 21.8. The summed E-state index contributed by atoms with van der Waals surface area (Å²) in [4.78, 5) is 13.3. The van der Waals surface area contributed by atoms with Crippen LogP contribution in [0.3, 0.4) is 0 Å². The number of rotatable bonds is 44. The van der Waals surface area contributed by atoms with Gasteiger partial charge in [0.15, 0.2) is 18.9 Å². The largest absolute Gasteiger partial charge is 0.394 e. The molecule has 0 radical (unpaired) electrons. The third kappa shape index (κ3) is 26.4. The molecule has 452 valence electrons. The number of hydrogen-bond acceptors (Lipinski definition) is 18. The Hall–Kier alpha value is -1.73. The molecule has 3 aliphatic rings. The summed E-state index contributed by atoms with van der Waals surface area (Å²) in [5.74, 6) is -0.248. The van der Waals surface area contributed by atoms with Gasteiger partial charge >= 0.3 is 0 Å². The third-order valence-corrected chi connectivity index (χ3v) is 15.3. The van der Waals surface area contributed by atoms with Crippen molar-refractivity contribution in [2.75, 3.05) is 26.4 Å². The predicted molar refractivity (Wildman–Crippen MR) is 291 cm³/mol. The van der Waals surface area contributed by atoms with Gasteiger partial charge in [0, 0.05) is 6.42 Å². The van der Waals surface area contributed by atoms with Crippen molar-refractivity contribution in [3.8, 4) is 0 Å². The summed E-state index contributed by atoms with van der Waals surface area (Å²) < 4.78 is 34.2. The number of nitrogens with one attached hydrogen (secondary N) is 1. The molecule has 77 heavy (non-hydrogen) atoms. The van der Waals surface area contributed by atoms with Crippen LogP contribution in [0.15, 0.2) is 24.3 Å². The Morgan fingerprint density at radius 1 is 0.468 bits per heavy atom. The molecule has 1 amide bonds. The summed E-state index contributed by atoms with van der Waals surface area (Å²) in [6.07, 6.45) is 16.0. The van der Waals surface area contributed by atoms with Crippen LogP contribution in [0.4, 0.5) is 0 Å². The maximum atomic E-state index is 13.3. The fourth-order valence-electron chi connectivity index (χ4n) is 10.3. The number of carbonyl (C=O) groups is 1. The second-order valence-corrected chi connectivity index (χ2v) is 21.8. The van der Waals surface area contributed by atoms with E-state index in [1.807, 2.05) is 0 Å².